The Morgan fingerprint density at radius 1 is 1.10 bits per heavy atom. The van der Waals surface area contributed by atoms with E-state index < -0.39 is 0 Å². The fourth-order valence-electron chi connectivity index (χ4n) is 2.05. The van der Waals surface area contributed by atoms with E-state index in [1.165, 1.54) is 0 Å². The van der Waals surface area contributed by atoms with Gasteiger partial charge in [-0.15, -0.1) is 0 Å². The number of nitrogens with one attached hydrogen (secondary N) is 1. The SMILES string of the molecule is CCOc1ccc(CNCC(C)(C)OCC)cc1OC. The maximum absolute atomic E-state index is 5.66. The molecule has 0 aliphatic heterocycles. The van der Waals surface area contributed by atoms with Crippen molar-refractivity contribution in [2.75, 3.05) is 26.9 Å². The van der Waals surface area contributed by atoms with Gasteiger partial charge in [-0.1, -0.05) is 6.07 Å². The van der Waals surface area contributed by atoms with E-state index >= 15 is 0 Å². The first kappa shape index (κ1) is 16.8. The van der Waals surface area contributed by atoms with E-state index in [4.69, 9.17) is 14.2 Å². The van der Waals surface area contributed by atoms with Crippen LogP contribution in [-0.4, -0.2) is 32.5 Å². The van der Waals surface area contributed by atoms with Crippen molar-refractivity contribution in [1.29, 1.82) is 0 Å². The van der Waals surface area contributed by atoms with E-state index in [-0.39, 0.29) is 5.60 Å². The lowest BCUT2D eigenvalue weighted by molar-refractivity contribution is -0.00897. The van der Waals surface area contributed by atoms with E-state index in [2.05, 4.69) is 19.2 Å². The van der Waals surface area contributed by atoms with Gasteiger partial charge in [0.1, 0.15) is 0 Å². The second kappa shape index (κ2) is 8.12. The lowest BCUT2D eigenvalue weighted by Gasteiger charge is -2.25. The van der Waals surface area contributed by atoms with Crippen molar-refractivity contribution in [3.05, 3.63) is 23.8 Å². The van der Waals surface area contributed by atoms with Crippen LogP contribution in [0.15, 0.2) is 18.2 Å². The fourth-order valence-corrected chi connectivity index (χ4v) is 2.05. The average Bonchev–Trinajstić information content (AvgIpc) is 2.40. The largest absolute Gasteiger partial charge is 0.493 e. The maximum Gasteiger partial charge on any atom is 0.161 e. The zero-order valence-electron chi connectivity index (χ0n) is 13.3. The number of rotatable bonds is 9. The molecule has 0 aromatic heterocycles. The van der Waals surface area contributed by atoms with Crippen LogP contribution in [0.1, 0.15) is 33.3 Å². The predicted molar refractivity (Wildman–Crippen MR) is 81.6 cm³/mol. The highest BCUT2D eigenvalue weighted by Gasteiger charge is 2.16. The predicted octanol–water partition coefficient (Wildman–Crippen LogP) is 3.00. The first-order chi connectivity index (χ1) is 9.52. The van der Waals surface area contributed by atoms with Crippen molar-refractivity contribution in [1.82, 2.24) is 5.32 Å². The third-order valence-electron chi connectivity index (χ3n) is 2.94. The molecule has 0 bridgehead atoms. The Kier molecular flexibility index (Phi) is 6.82. The van der Waals surface area contributed by atoms with Crippen LogP contribution in [0, 0.1) is 0 Å². The van der Waals surface area contributed by atoms with Crippen LogP contribution in [0.25, 0.3) is 0 Å². The summed E-state index contributed by atoms with van der Waals surface area (Å²) in [5, 5.41) is 3.41. The second-order valence-electron chi connectivity index (χ2n) is 5.21. The van der Waals surface area contributed by atoms with Gasteiger partial charge in [0.25, 0.3) is 0 Å². The van der Waals surface area contributed by atoms with Crippen LogP contribution < -0.4 is 14.8 Å². The quantitative estimate of drug-likeness (QED) is 0.755. The zero-order valence-corrected chi connectivity index (χ0v) is 13.3. The normalized spacial score (nSPS) is 11.4. The van der Waals surface area contributed by atoms with Gasteiger partial charge in [0.05, 0.1) is 19.3 Å². The van der Waals surface area contributed by atoms with Gasteiger partial charge in [-0.3, -0.25) is 0 Å². The summed E-state index contributed by atoms with van der Waals surface area (Å²) in [7, 11) is 1.66. The molecule has 0 atom stereocenters. The number of methoxy groups -OCH3 is 1. The molecule has 0 fully saturated rings. The van der Waals surface area contributed by atoms with E-state index in [9.17, 15) is 0 Å². The minimum absolute atomic E-state index is 0.149. The van der Waals surface area contributed by atoms with Crippen molar-refractivity contribution < 1.29 is 14.2 Å². The van der Waals surface area contributed by atoms with E-state index in [1.807, 2.05) is 32.0 Å². The summed E-state index contributed by atoms with van der Waals surface area (Å²) in [6, 6.07) is 6.01. The molecule has 0 amide bonds. The highest BCUT2D eigenvalue weighted by atomic mass is 16.5. The molecular formula is C16H27NO3. The zero-order chi connectivity index (χ0) is 15.0. The lowest BCUT2D eigenvalue weighted by atomic mass is 10.1. The molecule has 114 valence electrons. The molecule has 20 heavy (non-hydrogen) atoms. The summed E-state index contributed by atoms with van der Waals surface area (Å²) in [6.45, 7) is 11.1. The molecular weight excluding hydrogens is 254 g/mol. The van der Waals surface area contributed by atoms with Crippen LogP contribution >= 0.6 is 0 Å². The standard InChI is InChI=1S/C16H27NO3/c1-6-19-14-9-8-13(10-15(14)18-5)11-17-12-16(3,4)20-7-2/h8-10,17H,6-7,11-12H2,1-5H3. The van der Waals surface area contributed by atoms with Gasteiger partial charge in [-0.25, -0.2) is 0 Å². The van der Waals surface area contributed by atoms with Gasteiger partial charge >= 0.3 is 0 Å². The van der Waals surface area contributed by atoms with Gasteiger partial charge in [0.15, 0.2) is 11.5 Å². The van der Waals surface area contributed by atoms with Crippen molar-refractivity contribution >= 4 is 0 Å². The third-order valence-corrected chi connectivity index (χ3v) is 2.94. The summed E-state index contributed by atoms with van der Waals surface area (Å²) < 4.78 is 16.5. The molecule has 0 aliphatic carbocycles. The van der Waals surface area contributed by atoms with Gasteiger partial charge in [0.2, 0.25) is 0 Å². The summed E-state index contributed by atoms with van der Waals surface area (Å²) >= 11 is 0. The van der Waals surface area contributed by atoms with Gasteiger partial charge in [-0.05, 0) is 45.4 Å². The second-order valence-corrected chi connectivity index (χ2v) is 5.21. The molecule has 4 heteroatoms. The Bertz CT molecular complexity index is 405. The van der Waals surface area contributed by atoms with Gasteiger partial charge in [0, 0.05) is 19.7 Å². The smallest absolute Gasteiger partial charge is 0.161 e. The van der Waals surface area contributed by atoms with Crippen molar-refractivity contribution in [3.63, 3.8) is 0 Å². The summed E-state index contributed by atoms with van der Waals surface area (Å²) in [5.74, 6) is 1.56. The Morgan fingerprint density at radius 2 is 1.85 bits per heavy atom. The van der Waals surface area contributed by atoms with E-state index in [1.54, 1.807) is 7.11 Å². The Balaban J connectivity index is 2.56. The van der Waals surface area contributed by atoms with Crippen molar-refractivity contribution in [2.24, 2.45) is 0 Å². The molecule has 1 N–H and O–H groups in total. The fraction of sp³-hybridized carbons (Fsp3) is 0.625. The number of hydrogen-bond acceptors (Lipinski definition) is 4. The summed E-state index contributed by atoms with van der Waals surface area (Å²) in [6.07, 6.45) is 0. The Morgan fingerprint density at radius 3 is 2.45 bits per heavy atom. The summed E-state index contributed by atoms with van der Waals surface area (Å²) in [5.41, 5.74) is 1.02. The molecule has 0 radical (unpaired) electrons. The maximum atomic E-state index is 5.66. The van der Waals surface area contributed by atoms with Crippen molar-refractivity contribution in [2.45, 2.75) is 39.8 Å². The first-order valence-electron chi connectivity index (χ1n) is 7.16. The van der Waals surface area contributed by atoms with Crippen molar-refractivity contribution in [3.8, 4) is 11.5 Å². The molecule has 0 saturated carbocycles. The monoisotopic (exact) mass is 281 g/mol. The molecule has 0 heterocycles. The van der Waals surface area contributed by atoms with Crippen LogP contribution in [0.4, 0.5) is 0 Å². The van der Waals surface area contributed by atoms with Crippen LogP contribution in [0.3, 0.4) is 0 Å². The molecule has 1 rings (SSSR count). The number of hydrogen-bond donors (Lipinski definition) is 1. The van der Waals surface area contributed by atoms with Gasteiger partial charge < -0.3 is 19.5 Å². The molecule has 0 unspecified atom stereocenters. The minimum Gasteiger partial charge on any atom is -0.493 e. The highest BCUT2D eigenvalue weighted by molar-refractivity contribution is 5.42. The minimum atomic E-state index is -0.149. The Labute approximate surface area is 122 Å². The molecule has 1 aromatic rings. The lowest BCUT2D eigenvalue weighted by Crippen LogP contribution is -2.37. The average molecular weight is 281 g/mol. The van der Waals surface area contributed by atoms with Gasteiger partial charge in [-0.2, -0.15) is 0 Å². The van der Waals surface area contributed by atoms with E-state index in [0.717, 1.165) is 36.8 Å². The number of ether oxygens (including phenoxy) is 3. The highest BCUT2D eigenvalue weighted by Crippen LogP contribution is 2.27. The first-order valence-corrected chi connectivity index (χ1v) is 7.16. The molecule has 0 saturated heterocycles. The molecule has 0 spiro atoms. The third kappa shape index (κ3) is 5.39. The molecule has 4 nitrogen and oxygen atoms in total. The summed E-state index contributed by atoms with van der Waals surface area (Å²) in [4.78, 5) is 0. The van der Waals surface area contributed by atoms with Crippen LogP contribution in [-0.2, 0) is 11.3 Å². The topological polar surface area (TPSA) is 39.7 Å². The van der Waals surface area contributed by atoms with Crippen LogP contribution in [0.5, 0.6) is 11.5 Å². The van der Waals surface area contributed by atoms with Crippen LogP contribution in [0.2, 0.25) is 0 Å². The van der Waals surface area contributed by atoms with E-state index in [0.29, 0.717) is 6.61 Å². The Hall–Kier alpha value is -1.26. The molecule has 0 aliphatic rings. The molecule has 1 aromatic carbocycles. The number of benzene rings is 1.